The molecule has 2 amide bonds. The molecule has 0 spiro atoms. The highest BCUT2D eigenvalue weighted by Crippen LogP contribution is 2.23. The maximum atomic E-state index is 13.2. The number of benzene rings is 1. The third-order valence-electron chi connectivity index (χ3n) is 6.82. The van der Waals surface area contributed by atoms with Crippen LogP contribution in [0.25, 0.3) is 11.0 Å². The summed E-state index contributed by atoms with van der Waals surface area (Å²) in [4.78, 5) is 47.2. The summed E-state index contributed by atoms with van der Waals surface area (Å²) in [6, 6.07) is 5.43. The first-order chi connectivity index (χ1) is 16.7. The van der Waals surface area contributed by atoms with Gasteiger partial charge in [-0.1, -0.05) is 25.3 Å². The van der Waals surface area contributed by atoms with Crippen LogP contribution < -0.4 is 16.1 Å². The molecule has 2 heterocycles. The van der Waals surface area contributed by atoms with Crippen LogP contribution in [-0.2, 0) is 0 Å². The fourth-order valence-corrected chi connectivity index (χ4v) is 4.63. The number of aromatic nitrogens is 3. The van der Waals surface area contributed by atoms with Crippen LogP contribution in [0.3, 0.4) is 0 Å². The van der Waals surface area contributed by atoms with Crippen LogP contribution in [0.5, 0.6) is 0 Å². The van der Waals surface area contributed by atoms with Gasteiger partial charge >= 0.3 is 0 Å². The van der Waals surface area contributed by atoms with Crippen LogP contribution in [0.4, 0.5) is 0 Å². The van der Waals surface area contributed by atoms with Crippen molar-refractivity contribution in [2.75, 3.05) is 6.54 Å². The second kappa shape index (κ2) is 10.5. The summed E-state index contributed by atoms with van der Waals surface area (Å²) in [7, 11) is 0. The summed E-state index contributed by atoms with van der Waals surface area (Å²) in [5.74, 6) is 0.0882. The van der Waals surface area contributed by atoms with Crippen LogP contribution in [0.2, 0.25) is 0 Å². The van der Waals surface area contributed by atoms with Gasteiger partial charge in [0, 0.05) is 25.0 Å². The number of H-pyrrole nitrogens is 1. The Morgan fingerprint density at radius 2 is 1.77 bits per heavy atom. The molecule has 35 heavy (non-hydrogen) atoms. The van der Waals surface area contributed by atoms with Crippen molar-refractivity contribution >= 4 is 22.8 Å². The van der Waals surface area contributed by atoms with Crippen LogP contribution >= 0.6 is 0 Å². The van der Waals surface area contributed by atoms with E-state index in [-0.39, 0.29) is 17.2 Å². The lowest BCUT2D eigenvalue weighted by molar-refractivity contribution is 0.0936. The quantitative estimate of drug-likeness (QED) is 0.468. The van der Waals surface area contributed by atoms with E-state index in [4.69, 9.17) is 0 Å². The van der Waals surface area contributed by atoms with E-state index in [1.54, 1.807) is 10.8 Å². The summed E-state index contributed by atoms with van der Waals surface area (Å²) < 4.78 is 1.74. The maximum Gasteiger partial charge on any atom is 0.257 e. The predicted molar refractivity (Wildman–Crippen MR) is 137 cm³/mol. The molecule has 0 bridgehead atoms. The smallest absolute Gasteiger partial charge is 0.257 e. The molecule has 4 rings (SSSR count). The number of imidazole rings is 1. The van der Waals surface area contributed by atoms with Crippen molar-refractivity contribution in [3.8, 4) is 0 Å². The van der Waals surface area contributed by atoms with E-state index >= 15 is 0 Å². The minimum Gasteiger partial charge on any atom is -0.352 e. The fraction of sp³-hybridized carbons (Fsp3) is 0.481. The van der Waals surface area contributed by atoms with Gasteiger partial charge in [0.1, 0.15) is 17.0 Å². The van der Waals surface area contributed by atoms with Gasteiger partial charge in [-0.2, -0.15) is 0 Å². The number of hydrogen-bond donors (Lipinski definition) is 3. The third kappa shape index (κ3) is 5.63. The molecular formula is C27H35N5O3. The van der Waals surface area contributed by atoms with E-state index in [9.17, 15) is 14.4 Å². The van der Waals surface area contributed by atoms with Gasteiger partial charge in [0.05, 0.1) is 17.1 Å². The van der Waals surface area contributed by atoms with E-state index in [0.29, 0.717) is 18.3 Å². The standard InChI is InChI=1S/C27H35N5O3/c1-16(2)32-14-20(26(34)28-13-19-8-6-5-7-9-19)24(33)21(15-32)27(35)29-18(4)25-30-22-11-10-17(3)12-23(22)31-25/h10-12,14-16,18-19H,5-9,13H2,1-4H3,(H,28,34)(H,29,35)(H,30,31). The highest BCUT2D eigenvalue weighted by molar-refractivity contribution is 5.99. The van der Waals surface area contributed by atoms with Gasteiger partial charge in [0.25, 0.3) is 11.8 Å². The molecule has 1 fully saturated rings. The van der Waals surface area contributed by atoms with Crippen molar-refractivity contribution in [2.24, 2.45) is 5.92 Å². The fourth-order valence-electron chi connectivity index (χ4n) is 4.63. The monoisotopic (exact) mass is 477 g/mol. The molecule has 1 aliphatic carbocycles. The lowest BCUT2D eigenvalue weighted by atomic mass is 9.89. The number of rotatable bonds is 7. The second-order valence-corrected chi connectivity index (χ2v) is 10.0. The number of amides is 2. The molecule has 8 nitrogen and oxygen atoms in total. The average Bonchev–Trinajstić information content (AvgIpc) is 3.26. The third-order valence-corrected chi connectivity index (χ3v) is 6.82. The zero-order valence-corrected chi connectivity index (χ0v) is 21.0. The van der Waals surface area contributed by atoms with Gasteiger partial charge in [-0.3, -0.25) is 14.4 Å². The first-order valence-corrected chi connectivity index (χ1v) is 12.5. The van der Waals surface area contributed by atoms with Gasteiger partial charge in [-0.25, -0.2) is 4.98 Å². The van der Waals surface area contributed by atoms with Gasteiger partial charge in [0.15, 0.2) is 0 Å². The molecule has 2 aromatic heterocycles. The Morgan fingerprint density at radius 1 is 1.09 bits per heavy atom. The normalized spacial score (nSPS) is 15.3. The molecule has 8 heteroatoms. The molecule has 1 saturated carbocycles. The van der Waals surface area contributed by atoms with Crippen molar-refractivity contribution in [2.45, 2.75) is 71.9 Å². The number of carbonyl (C=O) groups is 2. The topological polar surface area (TPSA) is 109 Å². The Morgan fingerprint density at radius 3 is 2.46 bits per heavy atom. The summed E-state index contributed by atoms with van der Waals surface area (Å²) in [6.07, 6.45) is 8.86. The van der Waals surface area contributed by atoms with Crippen molar-refractivity contribution in [3.05, 3.63) is 63.3 Å². The predicted octanol–water partition coefficient (Wildman–Crippen LogP) is 4.42. The number of pyridine rings is 1. The molecule has 1 unspecified atom stereocenters. The highest BCUT2D eigenvalue weighted by Gasteiger charge is 2.23. The molecule has 1 aliphatic rings. The molecular weight excluding hydrogens is 442 g/mol. The lowest BCUT2D eigenvalue weighted by Gasteiger charge is -2.22. The number of aromatic amines is 1. The van der Waals surface area contributed by atoms with E-state index in [1.807, 2.05) is 45.9 Å². The molecule has 1 aromatic carbocycles. The summed E-state index contributed by atoms with van der Waals surface area (Å²) in [5, 5.41) is 5.80. The maximum absolute atomic E-state index is 13.2. The van der Waals surface area contributed by atoms with Crippen molar-refractivity contribution in [1.29, 1.82) is 0 Å². The Kier molecular flexibility index (Phi) is 7.38. The Labute approximate surface area is 205 Å². The van der Waals surface area contributed by atoms with Crippen LogP contribution in [0.15, 0.2) is 35.4 Å². The number of carbonyl (C=O) groups excluding carboxylic acids is 2. The van der Waals surface area contributed by atoms with Gasteiger partial charge in [-0.15, -0.1) is 0 Å². The average molecular weight is 478 g/mol. The van der Waals surface area contributed by atoms with E-state index in [2.05, 4.69) is 20.6 Å². The largest absolute Gasteiger partial charge is 0.352 e. The van der Waals surface area contributed by atoms with Crippen molar-refractivity contribution in [3.63, 3.8) is 0 Å². The number of nitrogens with zero attached hydrogens (tertiary/aromatic N) is 2. The second-order valence-electron chi connectivity index (χ2n) is 10.0. The summed E-state index contributed by atoms with van der Waals surface area (Å²) in [5.41, 5.74) is 2.19. The van der Waals surface area contributed by atoms with E-state index in [0.717, 1.165) is 29.4 Å². The molecule has 0 saturated heterocycles. The molecule has 186 valence electrons. The zero-order valence-electron chi connectivity index (χ0n) is 21.0. The van der Waals surface area contributed by atoms with Crippen molar-refractivity contribution in [1.82, 2.24) is 25.2 Å². The Bertz CT molecular complexity index is 1280. The number of nitrogens with one attached hydrogen (secondary N) is 3. The summed E-state index contributed by atoms with van der Waals surface area (Å²) >= 11 is 0. The minimum atomic E-state index is -0.562. The SMILES string of the molecule is Cc1ccc2nc(C(C)NC(=O)c3cn(C(C)C)cc(C(=O)NCC4CCCCC4)c3=O)[nH]c2c1. The first kappa shape index (κ1) is 24.7. The lowest BCUT2D eigenvalue weighted by Crippen LogP contribution is -2.38. The number of hydrogen-bond acceptors (Lipinski definition) is 4. The van der Waals surface area contributed by atoms with E-state index in [1.165, 1.54) is 25.5 Å². The Hall–Kier alpha value is -3.42. The number of aryl methyl sites for hydroxylation is 1. The zero-order chi connectivity index (χ0) is 25.1. The molecule has 0 aliphatic heterocycles. The first-order valence-electron chi connectivity index (χ1n) is 12.5. The van der Waals surface area contributed by atoms with Gasteiger partial charge in [0.2, 0.25) is 5.43 Å². The van der Waals surface area contributed by atoms with Crippen molar-refractivity contribution < 1.29 is 9.59 Å². The van der Waals surface area contributed by atoms with Crippen LogP contribution in [0.1, 0.15) is 97.1 Å². The minimum absolute atomic E-state index is 0.00553. The molecule has 0 radical (unpaired) electrons. The van der Waals surface area contributed by atoms with Gasteiger partial charge in [-0.05, 0) is 64.2 Å². The summed E-state index contributed by atoms with van der Waals surface area (Å²) in [6.45, 7) is 8.25. The number of fused-ring (bicyclic) bond motifs is 1. The van der Waals surface area contributed by atoms with Crippen LogP contribution in [-0.4, -0.2) is 32.9 Å². The Balaban J connectivity index is 1.55. The molecule has 1 atom stereocenters. The van der Waals surface area contributed by atoms with Gasteiger partial charge < -0.3 is 20.2 Å². The van der Waals surface area contributed by atoms with Crippen LogP contribution in [0, 0.1) is 12.8 Å². The van der Waals surface area contributed by atoms with E-state index < -0.39 is 23.3 Å². The molecule has 3 N–H and O–H groups in total. The highest BCUT2D eigenvalue weighted by atomic mass is 16.2. The molecule has 3 aromatic rings.